The SMILES string of the molecule is CC1(C)c2ccccc2N(c2ccccc2)c2cc3c(cc21)N(c1ccccc1)c1ccccc1C3(C)C.[2HH]. The predicted octanol–water partition coefficient (Wildman–Crippen LogP) is 10.2. The van der Waals surface area contributed by atoms with E-state index in [1.165, 1.54) is 56.4 Å². The molecule has 5 aromatic carbocycles. The summed E-state index contributed by atoms with van der Waals surface area (Å²) in [7, 11) is 0. The van der Waals surface area contributed by atoms with E-state index < -0.39 is 0 Å². The van der Waals surface area contributed by atoms with Crippen LogP contribution in [0.15, 0.2) is 121 Å². The number of benzene rings is 5. The number of rotatable bonds is 2. The molecule has 0 bridgehead atoms. The van der Waals surface area contributed by atoms with Crippen LogP contribution in [0.5, 0.6) is 0 Å². The Labute approximate surface area is 227 Å². The van der Waals surface area contributed by atoms with Gasteiger partial charge in [-0.15, -0.1) is 0 Å². The zero-order valence-electron chi connectivity index (χ0n) is 22.4. The molecular weight excluding hydrogens is 460 g/mol. The van der Waals surface area contributed by atoms with Crippen LogP contribution in [0.25, 0.3) is 0 Å². The van der Waals surface area contributed by atoms with Crippen molar-refractivity contribution in [2.24, 2.45) is 0 Å². The van der Waals surface area contributed by atoms with Crippen molar-refractivity contribution in [2.75, 3.05) is 9.80 Å². The van der Waals surface area contributed by atoms with Gasteiger partial charge in [-0.3, -0.25) is 0 Å². The van der Waals surface area contributed by atoms with Crippen molar-refractivity contribution in [2.45, 2.75) is 38.5 Å². The Bertz CT molecular complexity index is 1550. The van der Waals surface area contributed by atoms with E-state index in [0.29, 0.717) is 0 Å². The lowest BCUT2D eigenvalue weighted by molar-refractivity contribution is 0.615. The van der Waals surface area contributed by atoms with Crippen molar-refractivity contribution >= 4 is 34.1 Å². The molecular formula is C36H34N2. The number of nitrogens with zero attached hydrogens (tertiary/aromatic N) is 2. The van der Waals surface area contributed by atoms with Gasteiger partial charge in [0.05, 0.1) is 22.7 Å². The molecule has 5 aromatic rings. The molecule has 2 aliphatic rings. The van der Waals surface area contributed by atoms with Gasteiger partial charge in [0.25, 0.3) is 0 Å². The zero-order chi connectivity index (χ0) is 26.1. The number of anilines is 6. The lowest BCUT2D eigenvalue weighted by atomic mass is 9.69. The normalized spacial score (nSPS) is 16.2. The van der Waals surface area contributed by atoms with Crippen LogP contribution in [0.4, 0.5) is 34.1 Å². The Balaban J connectivity index is 0.00000277. The molecule has 0 N–H and O–H groups in total. The summed E-state index contributed by atoms with van der Waals surface area (Å²) in [5, 5.41) is 0. The lowest BCUT2D eigenvalue weighted by Gasteiger charge is -2.47. The predicted molar refractivity (Wildman–Crippen MR) is 162 cm³/mol. The van der Waals surface area contributed by atoms with Crippen LogP contribution in [-0.2, 0) is 10.8 Å². The van der Waals surface area contributed by atoms with Gasteiger partial charge < -0.3 is 9.80 Å². The van der Waals surface area contributed by atoms with Crippen molar-refractivity contribution in [3.8, 4) is 0 Å². The molecule has 188 valence electrons. The van der Waals surface area contributed by atoms with E-state index in [2.05, 4.69) is 159 Å². The van der Waals surface area contributed by atoms with E-state index in [1.54, 1.807) is 0 Å². The average Bonchev–Trinajstić information content (AvgIpc) is 2.94. The van der Waals surface area contributed by atoms with Gasteiger partial charge >= 0.3 is 0 Å². The van der Waals surface area contributed by atoms with Crippen molar-refractivity contribution in [3.05, 3.63) is 144 Å². The molecule has 0 atom stereocenters. The molecule has 38 heavy (non-hydrogen) atoms. The fourth-order valence-electron chi connectivity index (χ4n) is 6.60. The Hall–Kier alpha value is -4.30. The molecule has 0 radical (unpaired) electrons. The maximum Gasteiger partial charge on any atom is 0.0507 e. The van der Waals surface area contributed by atoms with E-state index in [9.17, 15) is 0 Å². The first kappa shape index (κ1) is 22.9. The first-order valence-electron chi connectivity index (χ1n) is 13.5. The summed E-state index contributed by atoms with van der Waals surface area (Å²) < 4.78 is 0. The van der Waals surface area contributed by atoms with Crippen LogP contribution in [0, 0.1) is 0 Å². The Morgan fingerprint density at radius 1 is 0.395 bits per heavy atom. The molecule has 0 fully saturated rings. The van der Waals surface area contributed by atoms with Crippen LogP contribution in [0.2, 0.25) is 0 Å². The van der Waals surface area contributed by atoms with Gasteiger partial charge in [-0.25, -0.2) is 0 Å². The van der Waals surface area contributed by atoms with Crippen LogP contribution in [0.3, 0.4) is 0 Å². The highest BCUT2D eigenvalue weighted by molar-refractivity contribution is 5.92. The number of hydrogen-bond acceptors (Lipinski definition) is 2. The van der Waals surface area contributed by atoms with Crippen LogP contribution >= 0.6 is 0 Å². The second-order valence-corrected chi connectivity index (χ2v) is 11.5. The summed E-state index contributed by atoms with van der Waals surface area (Å²) in [6.45, 7) is 9.48. The van der Waals surface area contributed by atoms with E-state index in [0.717, 1.165) is 0 Å². The first-order valence-corrected chi connectivity index (χ1v) is 13.5. The van der Waals surface area contributed by atoms with Gasteiger partial charge in [0.1, 0.15) is 0 Å². The van der Waals surface area contributed by atoms with E-state index in [-0.39, 0.29) is 12.3 Å². The van der Waals surface area contributed by atoms with E-state index in [4.69, 9.17) is 0 Å². The molecule has 2 aliphatic heterocycles. The summed E-state index contributed by atoms with van der Waals surface area (Å²) in [4.78, 5) is 4.92. The molecule has 0 aromatic heterocycles. The smallest absolute Gasteiger partial charge is 0.0507 e. The fraction of sp³-hybridized carbons (Fsp3) is 0.167. The Kier molecular flexibility index (Phi) is 4.87. The third-order valence-corrected chi connectivity index (χ3v) is 8.61. The first-order chi connectivity index (χ1) is 18.4. The Morgan fingerprint density at radius 3 is 1.13 bits per heavy atom. The minimum absolute atomic E-state index is 0. The van der Waals surface area contributed by atoms with Gasteiger partial charge in [0.2, 0.25) is 0 Å². The summed E-state index contributed by atoms with van der Waals surface area (Å²) in [5.41, 5.74) is 12.5. The molecule has 2 heterocycles. The van der Waals surface area contributed by atoms with E-state index >= 15 is 0 Å². The number of para-hydroxylation sites is 4. The van der Waals surface area contributed by atoms with Gasteiger partial charge in [-0.05, 0) is 70.8 Å². The summed E-state index contributed by atoms with van der Waals surface area (Å²) in [5.74, 6) is 0. The minimum atomic E-state index is -0.157. The van der Waals surface area contributed by atoms with Crippen molar-refractivity contribution < 1.29 is 1.43 Å². The van der Waals surface area contributed by atoms with E-state index in [1.807, 2.05) is 0 Å². The third kappa shape index (κ3) is 3.13. The highest BCUT2D eigenvalue weighted by Gasteiger charge is 2.42. The van der Waals surface area contributed by atoms with Crippen LogP contribution in [0.1, 0.15) is 51.4 Å². The van der Waals surface area contributed by atoms with Crippen LogP contribution in [-0.4, -0.2) is 0 Å². The molecule has 0 saturated carbocycles. The molecule has 0 saturated heterocycles. The molecule has 2 heteroatoms. The highest BCUT2D eigenvalue weighted by Crippen LogP contribution is 2.58. The topological polar surface area (TPSA) is 6.48 Å². The summed E-state index contributed by atoms with van der Waals surface area (Å²) in [6.07, 6.45) is 0. The number of hydrogen-bond donors (Lipinski definition) is 0. The maximum atomic E-state index is 2.47. The quantitative estimate of drug-likeness (QED) is 0.240. The fourth-order valence-corrected chi connectivity index (χ4v) is 6.60. The molecule has 0 unspecified atom stereocenters. The van der Waals surface area contributed by atoms with Crippen molar-refractivity contribution in [1.29, 1.82) is 0 Å². The standard InChI is InChI=1S/C36H32N2.H2/c1-35(2)27-19-11-13-21-31(27)37(25-15-7-5-8-16-25)33-24-30-34(23-29(33)35)38(26-17-9-6-10-18-26)32-22-14-12-20-28(32)36(30,3)4;/h5-24H,1-4H3;1H/i;1+1. The third-order valence-electron chi connectivity index (χ3n) is 8.61. The molecule has 0 aliphatic carbocycles. The van der Waals surface area contributed by atoms with Crippen molar-refractivity contribution in [3.63, 3.8) is 0 Å². The Morgan fingerprint density at radius 2 is 0.737 bits per heavy atom. The van der Waals surface area contributed by atoms with Crippen LogP contribution < -0.4 is 9.80 Å². The maximum absolute atomic E-state index is 2.47. The minimum Gasteiger partial charge on any atom is -0.310 e. The highest BCUT2D eigenvalue weighted by atomic mass is 15.2. The van der Waals surface area contributed by atoms with Gasteiger partial charge in [0.15, 0.2) is 0 Å². The zero-order valence-corrected chi connectivity index (χ0v) is 22.4. The second-order valence-electron chi connectivity index (χ2n) is 11.5. The second kappa shape index (κ2) is 8.10. The van der Waals surface area contributed by atoms with Gasteiger partial charge in [-0.1, -0.05) is 100 Å². The molecule has 0 amide bonds. The largest absolute Gasteiger partial charge is 0.310 e. The molecule has 7 rings (SSSR count). The number of fused-ring (bicyclic) bond motifs is 4. The van der Waals surface area contributed by atoms with Gasteiger partial charge in [-0.2, -0.15) is 0 Å². The summed E-state index contributed by atoms with van der Waals surface area (Å²) >= 11 is 0. The van der Waals surface area contributed by atoms with Gasteiger partial charge in [0, 0.05) is 23.6 Å². The average molecular weight is 496 g/mol. The monoisotopic (exact) mass is 495 g/mol. The lowest BCUT2D eigenvalue weighted by Crippen LogP contribution is -2.35. The molecule has 0 spiro atoms. The van der Waals surface area contributed by atoms with Crippen molar-refractivity contribution in [1.82, 2.24) is 0 Å². The molecule has 2 nitrogen and oxygen atoms in total. The summed E-state index contributed by atoms with van der Waals surface area (Å²) in [6, 6.07) is 44.3.